The molecule has 34 heavy (non-hydrogen) atoms. The molecule has 0 unspecified atom stereocenters. The van der Waals surface area contributed by atoms with Gasteiger partial charge in [0.25, 0.3) is 0 Å². The Labute approximate surface area is 202 Å². The van der Waals surface area contributed by atoms with Gasteiger partial charge in [0.15, 0.2) is 0 Å². The first-order chi connectivity index (χ1) is 16.4. The number of piperidine rings is 1. The lowest BCUT2D eigenvalue weighted by Crippen LogP contribution is -2.34. The van der Waals surface area contributed by atoms with E-state index in [9.17, 15) is 14.0 Å². The van der Waals surface area contributed by atoms with Crippen molar-refractivity contribution in [2.24, 2.45) is 5.92 Å². The fourth-order valence-electron chi connectivity index (χ4n) is 4.52. The van der Waals surface area contributed by atoms with Crippen LogP contribution in [0.4, 0.5) is 20.2 Å². The molecule has 1 aliphatic heterocycles. The molecule has 0 saturated carbocycles. The number of nitrogens with zero attached hydrogens (tertiary/aromatic N) is 2. The van der Waals surface area contributed by atoms with Crippen molar-refractivity contribution in [3.05, 3.63) is 94.7 Å². The molecule has 1 aliphatic rings. The number of hydrogen-bond acceptors (Lipinski definition) is 3. The van der Waals surface area contributed by atoms with E-state index in [0.717, 1.165) is 61.1 Å². The second-order valence-electron chi connectivity index (χ2n) is 8.82. The fraction of sp³-hybridized carbons (Fsp3) is 0.345. The van der Waals surface area contributed by atoms with E-state index in [1.807, 2.05) is 31.2 Å². The lowest BCUT2D eigenvalue weighted by Gasteiger charge is -2.35. The Morgan fingerprint density at radius 3 is 2.56 bits per heavy atom. The number of allylic oxidation sites excluding steroid dienone is 4. The summed E-state index contributed by atoms with van der Waals surface area (Å²) in [4.78, 5) is 2.31. The van der Waals surface area contributed by atoms with Crippen molar-refractivity contribution in [1.82, 2.24) is 0 Å². The van der Waals surface area contributed by atoms with E-state index in [0.29, 0.717) is 23.5 Å². The van der Waals surface area contributed by atoms with Gasteiger partial charge in [-0.3, -0.25) is 0 Å². The van der Waals surface area contributed by atoms with Crippen molar-refractivity contribution >= 4 is 11.4 Å². The van der Waals surface area contributed by atoms with E-state index in [1.165, 1.54) is 11.6 Å². The smallest absolute Gasteiger partial charge is 0.129 e. The summed E-state index contributed by atoms with van der Waals surface area (Å²) in [6.45, 7) is 12.1. The number of nitrogens with one attached hydrogen (secondary N) is 1. The predicted molar refractivity (Wildman–Crippen MR) is 137 cm³/mol. The van der Waals surface area contributed by atoms with Crippen LogP contribution in [-0.4, -0.2) is 13.1 Å². The second-order valence-corrected chi connectivity index (χ2v) is 8.82. The van der Waals surface area contributed by atoms with Crippen LogP contribution in [0.15, 0.2) is 72.0 Å². The summed E-state index contributed by atoms with van der Waals surface area (Å²) in [5, 5.41) is 12.9. The van der Waals surface area contributed by atoms with Crippen LogP contribution < -0.4 is 10.2 Å². The number of anilines is 2. The summed E-state index contributed by atoms with van der Waals surface area (Å²) >= 11 is 0. The van der Waals surface area contributed by atoms with Gasteiger partial charge in [-0.25, -0.2) is 8.78 Å². The van der Waals surface area contributed by atoms with E-state index in [-0.39, 0.29) is 0 Å². The SMILES string of the molecule is C=C(Nc1cc(C#N)ccc1N1CCC(Cc2ccc(F)cc2F)CC1)/C(C)=C(/C=C\C)CC. The second kappa shape index (κ2) is 11.7. The molecule has 2 aromatic rings. The third-order valence-corrected chi connectivity index (χ3v) is 6.57. The minimum atomic E-state index is -0.541. The number of nitriles is 1. The highest BCUT2D eigenvalue weighted by atomic mass is 19.1. The summed E-state index contributed by atoms with van der Waals surface area (Å²) in [5.74, 6) is -0.660. The highest BCUT2D eigenvalue weighted by molar-refractivity contribution is 5.75. The van der Waals surface area contributed by atoms with Crippen molar-refractivity contribution < 1.29 is 8.78 Å². The van der Waals surface area contributed by atoms with Gasteiger partial charge in [0, 0.05) is 24.9 Å². The molecule has 1 N–H and O–H groups in total. The first-order valence-corrected chi connectivity index (χ1v) is 11.9. The molecular weight excluding hydrogens is 428 g/mol. The Hall–Kier alpha value is -3.39. The molecule has 0 amide bonds. The Kier molecular flexibility index (Phi) is 8.65. The zero-order valence-corrected chi connectivity index (χ0v) is 20.3. The summed E-state index contributed by atoms with van der Waals surface area (Å²) < 4.78 is 27.3. The van der Waals surface area contributed by atoms with E-state index in [2.05, 4.69) is 42.8 Å². The highest BCUT2D eigenvalue weighted by Gasteiger charge is 2.23. The largest absolute Gasteiger partial charge is 0.370 e. The topological polar surface area (TPSA) is 39.1 Å². The van der Waals surface area contributed by atoms with Gasteiger partial charge in [0.05, 0.1) is 23.0 Å². The van der Waals surface area contributed by atoms with Gasteiger partial charge in [-0.2, -0.15) is 5.26 Å². The lowest BCUT2D eigenvalue weighted by molar-refractivity contribution is 0.397. The molecule has 0 spiro atoms. The van der Waals surface area contributed by atoms with Crippen LogP contribution in [0.25, 0.3) is 0 Å². The highest BCUT2D eigenvalue weighted by Crippen LogP contribution is 2.34. The summed E-state index contributed by atoms with van der Waals surface area (Å²) in [6, 6.07) is 11.8. The third-order valence-electron chi connectivity index (χ3n) is 6.57. The van der Waals surface area contributed by atoms with Gasteiger partial charge in [-0.15, -0.1) is 0 Å². The summed E-state index contributed by atoms with van der Waals surface area (Å²) in [7, 11) is 0. The molecule has 0 aromatic heterocycles. The van der Waals surface area contributed by atoms with Crippen molar-refractivity contribution in [3.8, 4) is 6.07 Å². The zero-order valence-electron chi connectivity index (χ0n) is 20.3. The normalized spacial score (nSPS) is 15.2. The number of benzene rings is 2. The van der Waals surface area contributed by atoms with Gasteiger partial charge in [-0.1, -0.05) is 31.7 Å². The summed E-state index contributed by atoms with van der Waals surface area (Å²) in [5.41, 5.74) is 6.18. The van der Waals surface area contributed by atoms with Crippen LogP contribution >= 0.6 is 0 Å². The number of rotatable bonds is 8. The van der Waals surface area contributed by atoms with Gasteiger partial charge < -0.3 is 10.2 Å². The van der Waals surface area contributed by atoms with Crippen LogP contribution in [0.3, 0.4) is 0 Å². The summed E-state index contributed by atoms with van der Waals surface area (Å²) in [6.07, 6.45) is 7.48. The van der Waals surface area contributed by atoms with Crippen molar-refractivity contribution in [2.75, 3.05) is 23.3 Å². The molecule has 1 fully saturated rings. The molecule has 0 radical (unpaired) electrons. The minimum Gasteiger partial charge on any atom is -0.370 e. The molecule has 2 aromatic carbocycles. The van der Waals surface area contributed by atoms with Crippen LogP contribution in [-0.2, 0) is 6.42 Å². The first-order valence-electron chi connectivity index (χ1n) is 11.9. The molecule has 5 heteroatoms. The predicted octanol–water partition coefficient (Wildman–Crippen LogP) is 7.52. The zero-order chi connectivity index (χ0) is 24.7. The van der Waals surface area contributed by atoms with Gasteiger partial charge in [0.2, 0.25) is 0 Å². The maximum absolute atomic E-state index is 14.1. The quantitative estimate of drug-likeness (QED) is 0.413. The van der Waals surface area contributed by atoms with Crippen molar-refractivity contribution in [3.63, 3.8) is 0 Å². The van der Waals surface area contributed by atoms with E-state index in [4.69, 9.17) is 0 Å². The standard InChI is InChI=1S/C29H33F2N3/c1-5-7-24(6-2)20(3)21(4)33-28-17-23(19-32)8-11-29(28)34-14-12-22(13-15-34)16-25-9-10-26(30)18-27(25)31/h5,7-11,17-18,22,33H,4,6,12-16H2,1-3H3/b7-5-,24-20+. The van der Waals surface area contributed by atoms with Crippen LogP contribution in [0.1, 0.15) is 51.2 Å². The molecule has 0 atom stereocenters. The Morgan fingerprint density at radius 1 is 1.21 bits per heavy atom. The number of halogens is 2. The van der Waals surface area contributed by atoms with Gasteiger partial charge >= 0.3 is 0 Å². The van der Waals surface area contributed by atoms with E-state index >= 15 is 0 Å². The van der Waals surface area contributed by atoms with Crippen molar-refractivity contribution in [1.29, 1.82) is 5.26 Å². The number of hydrogen-bond donors (Lipinski definition) is 1. The van der Waals surface area contributed by atoms with E-state index in [1.54, 1.807) is 6.07 Å². The van der Waals surface area contributed by atoms with E-state index < -0.39 is 11.6 Å². The molecule has 3 rings (SSSR count). The Balaban J connectivity index is 1.75. The maximum atomic E-state index is 14.1. The Morgan fingerprint density at radius 2 is 1.94 bits per heavy atom. The maximum Gasteiger partial charge on any atom is 0.129 e. The molecule has 0 bridgehead atoms. The molecular formula is C29H33F2N3. The molecule has 1 saturated heterocycles. The van der Waals surface area contributed by atoms with Crippen LogP contribution in [0.5, 0.6) is 0 Å². The average Bonchev–Trinajstić information content (AvgIpc) is 2.84. The Bertz CT molecular complexity index is 1130. The fourth-order valence-corrected chi connectivity index (χ4v) is 4.52. The molecule has 0 aliphatic carbocycles. The molecule has 1 heterocycles. The average molecular weight is 462 g/mol. The van der Waals surface area contributed by atoms with Crippen molar-refractivity contribution in [2.45, 2.75) is 46.5 Å². The van der Waals surface area contributed by atoms with Crippen LogP contribution in [0.2, 0.25) is 0 Å². The van der Waals surface area contributed by atoms with Gasteiger partial charge in [-0.05, 0) is 86.4 Å². The van der Waals surface area contributed by atoms with Crippen LogP contribution in [0, 0.1) is 28.9 Å². The first kappa shape index (κ1) is 25.2. The molecule has 178 valence electrons. The third kappa shape index (κ3) is 6.14. The minimum absolute atomic E-state index is 0.346. The lowest BCUT2D eigenvalue weighted by atomic mass is 9.89. The molecule has 3 nitrogen and oxygen atoms in total. The van der Waals surface area contributed by atoms with Gasteiger partial charge in [0.1, 0.15) is 11.6 Å². The monoisotopic (exact) mass is 461 g/mol.